The van der Waals surface area contributed by atoms with E-state index < -0.39 is 5.97 Å². The Balaban J connectivity index is 1.24. The van der Waals surface area contributed by atoms with Gasteiger partial charge in [-0.05, 0) is 96.5 Å². The molecule has 0 aromatic heterocycles. The number of benzene rings is 3. The van der Waals surface area contributed by atoms with Crippen LogP contribution >= 0.6 is 0 Å². The van der Waals surface area contributed by atoms with Crippen LogP contribution in [0.4, 0.5) is 0 Å². The molecule has 44 heavy (non-hydrogen) atoms. The summed E-state index contributed by atoms with van der Waals surface area (Å²) in [5.41, 5.74) is 3.54. The van der Waals surface area contributed by atoms with Crippen molar-refractivity contribution in [2.75, 3.05) is 0 Å². The molecular weight excluding hydrogens is 552 g/mol. The summed E-state index contributed by atoms with van der Waals surface area (Å²) < 4.78 is 16.9. The minimum Gasteiger partial charge on any atom is -0.462 e. The second-order valence-electron chi connectivity index (χ2n) is 12.4. The monoisotopic (exact) mass is 598 g/mol. The Hall–Kier alpha value is -3.93. The number of aryl methyl sites for hydroxylation is 1. The van der Waals surface area contributed by atoms with Crippen LogP contribution in [0.3, 0.4) is 0 Å². The Kier molecular flexibility index (Phi) is 12.2. The summed E-state index contributed by atoms with van der Waals surface area (Å²) in [4.78, 5) is 37.6. The average Bonchev–Trinajstić information content (AvgIpc) is 3.01. The summed E-state index contributed by atoms with van der Waals surface area (Å²) in [7, 11) is 0. The Morgan fingerprint density at radius 1 is 0.795 bits per heavy atom. The van der Waals surface area contributed by atoms with Crippen molar-refractivity contribution in [2.45, 2.75) is 91.6 Å². The van der Waals surface area contributed by atoms with E-state index in [1.807, 2.05) is 42.5 Å². The quantitative estimate of drug-likeness (QED) is 0.111. The second-order valence-corrected chi connectivity index (χ2v) is 12.4. The number of unbranched alkanes of at least 4 members (excludes halogenated alkanes) is 2. The fourth-order valence-corrected chi connectivity index (χ4v) is 5.89. The normalized spacial score (nSPS) is 18.1. The maximum Gasteiger partial charge on any atom is 0.343 e. The molecule has 3 aromatic carbocycles. The van der Waals surface area contributed by atoms with Crippen molar-refractivity contribution in [3.8, 4) is 22.6 Å². The zero-order valence-electron chi connectivity index (χ0n) is 26.6. The van der Waals surface area contributed by atoms with Crippen molar-refractivity contribution in [2.24, 2.45) is 17.8 Å². The van der Waals surface area contributed by atoms with Crippen molar-refractivity contribution in [3.05, 3.63) is 83.9 Å². The maximum atomic E-state index is 12.7. The fraction of sp³-hybridized carbons (Fsp3) is 0.447. The molecule has 1 aliphatic carbocycles. The van der Waals surface area contributed by atoms with E-state index in [0.29, 0.717) is 34.8 Å². The van der Waals surface area contributed by atoms with Crippen molar-refractivity contribution < 1.29 is 28.6 Å². The van der Waals surface area contributed by atoms with Crippen LogP contribution in [0.15, 0.2) is 72.8 Å². The van der Waals surface area contributed by atoms with Gasteiger partial charge >= 0.3 is 17.9 Å². The molecule has 1 saturated carbocycles. The smallest absolute Gasteiger partial charge is 0.343 e. The summed E-state index contributed by atoms with van der Waals surface area (Å²) in [6, 6.07) is 22.1. The third-order valence-electron chi connectivity index (χ3n) is 8.49. The maximum absolute atomic E-state index is 12.7. The van der Waals surface area contributed by atoms with Crippen molar-refractivity contribution in [1.82, 2.24) is 0 Å². The van der Waals surface area contributed by atoms with E-state index in [1.54, 1.807) is 30.3 Å². The van der Waals surface area contributed by atoms with Gasteiger partial charge in [-0.1, -0.05) is 83.4 Å². The minimum absolute atomic E-state index is 0.00787. The molecule has 3 unspecified atom stereocenters. The molecule has 0 aliphatic heterocycles. The van der Waals surface area contributed by atoms with Gasteiger partial charge in [-0.2, -0.15) is 0 Å². The SMILES string of the molecule is CCCCCc1cccc(C(=O)Oc2ccc(-c3ccc(OC(=O)CCC(=O)OC4CC(C)CCC4C(C)C)cc3)cc2)c1. The molecule has 3 atom stereocenters. The molecule has 1 aliphatic rings. The lowest BCUT2D eigenvalue weighted by Crippen LogP contribution is -2.36. The summed E-state index contributed by atoms with van der Waals surface area (Å²) in [5.74, 6) is 1.06. The van der Waals surface area contributed by atoms with Crippen molar-refractivity contribution in [1.29, 1.82) is 0 Å². The highest BCUT2D eigenvalue weighted by molar-refractivity contribution is 5.91. The zero-order valence-corrected chi connectivity index (χ0v) is 26.6. The van der Waals surface area contributed by atoms with Crippen molar-refractivity contribution >= 4 is 17.9 Å². The Bertz CT molecular complexity index is 1380. The van der Waals surface area contributed by atoms with Crippen LogP contribution in [0, 0.1) is 17.8 Å². The lowest BCUT2D eigenvalue weighted by Gasteiger charge is -2.36. The molecule has 6 nitrogen and oxygen atoms in total. The molecule has 0 saturated heterocycles. The number of carbonyl (C=O) groups is 3. The number of hydrogen-bond acceptors (Lipinski definition) is 6. The van der Waals surface area contributed by atoms with Crippen LogP contribution < -0.4 is 9.47 Å². The highest BCUT2D eigenvalue weighted by Crippen LogP contribution is 2.35. The molecule has 0 amide bonds. The first-order valence-electron chi connectivity index (χ1n) is 16.1. The Morgan fingerprint density at radius 2 is 1.43 bits per heavy atom. The van der Waals surface area contributed by atoms with Gasteiger partial charge in [-0.3, -0.25) is 9.59 Å². The van der Waals surface area contributed by atoms with Gasteiger partial charge in [0.2, 0.25) is 0 Å². The van der Waals surface area contributed by atoms with E-state index in [2.05, 4.69) is 27.7 Å². The second kappa shape index (κ2) is 16.2. The summed E-state index contributed by atoms with van der Waals surface area (Å²) >= 11 is 0. The number of esters is 3. The lowest BCUT2D eigenvalue weighted by atomic mass is 9.75. The largest absolute Gasteiger partial charge is 0.462 e. The van der Waals surface area contributed by atoms with Gasteiger partial charge in [0.05, 0.1) is 18.4 Å². The molecule has 0 bridgehead atoms. The Labute approximate surface area is 262 Å². The molecule has 234 valence electrons. The predicted octanol–water partition coefficient (Wildman–Crippen LogP) is 9.00. The lowest BCUT2D eigenvalue weighted by molar-refractivity contribution is -0.157. The van der Waals surface area contributed by atoms with E-state index in [0.717, 1.165) is 55.2 Å². The van der Waals surface area contributed by atoms with E-state index in [-0.39, 0.29) is 30.9 Å². The molecule has 0 radical (unpaired) electrons. The number of rotatable bonds is 13. The van der Waals surface area contributed by atoms with Crippen molar-refractivity contribution in [3.63, 3.8) is 0 Å². The first kappa shape index (κ1) is 33.0. The fourth-order valence-electron chi connectivity index (χ4n) is 5.89. The third kappa shape index (κ3) is 9.80. The standard InChI is InChI=1S/C38H46O6/c1-5-6-7-9-28-10-8-11-31(25-28)38(41)43-33-19-15-30(16-20-33)29-13-17-32(18-14-29)42-36(39)22-23-37(40)44-35-24-27(4)12-21-34(35)26(2)3/h8,10-11,13-20,25-27,34-35H,5-7,9,12,21-24H2,1-4H3. The molecule has 1 fully saturated rings. The molecular formula is C38H46O6. The van der Waals surface area contributed by atoms with Crippen LogP contribution in [0.5, 0.6) is 11.5 Å². The van der Waals surface area contributed by atoms with E-state index >= 15 is 0 Å². The molecule has 0 N–H and O–H groups in total. The number of carbonyl (C=O) groups excluding carboxylic acids is 3. The molecule has 3 aromatic rings. The molecule has 0 spiro atoms. The van der Waals surface area contributed by atoms with Crippen LogP contribution in [0.1, 0.15) is 95.0 Å². The highest BCUT2D eigenvalue weighted by Gasteiger charge is 2.33. The van der Waals surface area contributed by atoms with Gasteiger partial charge in [-0.25, -0.2) is 4.79 Å². The first-order chi connectivity index (χ1) is 21.2. The molecule has 4 rings (SSSR count). The number of hydrogen-bond donors (Lipinski definition) is 0. The van der Waals surface area contributed by atoms with Crippen LogP contribution in [0.25, 0.3) is 11.1 Å². The van der Waals surface area contributed by atoms with Crippen LogP contribution in [-0.2, 0) is 20.7 Å². The summed E-state index contributed by atoms with van der Waals surface area (Å²) in [5, 5.41) is 0. The average molecular weight is 599 g/mol. The summed E-state index contributed by atoms with van der Waals surface area (Å²) in [6.07, 6.45) is 7.41. The predicted molar refractivity (Wildman–Crippen MR) is 173 cm³/mol. The van der Waals surface area contributed by atoms with Gasteiger partial charge in [-0.15, -0.1) is 0 Å². The Morgan fingerprint density at radius 3 is 2.07 bits per heavy atom. The van der Waals surface area contributed by atoms with E-state index in [9.17, 15) is 14.4 Å². The molecule has 6 heteroatoms. The van der Waals surface area contributed by atoms with Gasteiger partial charge < -0.3 is 14.2 Å². The highest BCUT2D eigenvalue weighted by atomic mass is 16.5. The minimum atomic E-state index is -0.468. The van der Waals surface area contributed by atoms with Crippen LogP contribution in [-0.4, -0.2) is 24.0 Å². The van der Waals surface area contributed by atoms with E-state index in [1.165, 1.54) is 6.42 Å². The molecule has 0 heterocycles. The van der Waals surface area contributed by atoms with Crippen LogP contribution in [0.2, 0.25) is 0 Å². The van der Waals surface area contributed by atoms with E-state index in [4.69, 9.17) is 14.2 Å². The van der Waals surface area contributed by atoms with Gasteiger partial charge in [0, 0.05) is 0 Å². The first-order valence-corrected chi connectivity index (χ1v) is 16.1. The third-order valence-corrected chi connectivity index (χ3v) is 8.49. The summed E-state index contributed by atoms with van der Waals surface area (Å²) in [6.45, 7) is 8.72. The van der Waals surface area contributed by atoms with Gasteiger partial charge in [0.15, 0.2) is 0 Å². The van der Waals surface area contributed by atoms with Gasteiger partial charge in [0.25, 0.3) is 0 Å². The number of ether oxygens (including phenoxy) is 3. The zero-order chi connectivity index (χ0) is 31.5. The van der Waals surface area contributed by atoms with Gasteiger partial charge in [0.1, 0.15) is 17.6 Å². The topological polar surface area (TPSA) is 78.9 Å².